The van der Waals surface area contributed by atoms with Gasteiger partial charge in [0, 0.05) is 32.8 Å². The van der Waals surface area contributed by atoms with Gasteiger partial charge in [0.25, 0.3) is 0 Å². The summed E-state index contributed by atoms with van der Waals surface area (Å²) >= 11 is 0. The molecule has 1 N–H and O–H groups in total. The maximum atomic E-state index is 13.3. The molecule has 0 radical (unpaired) electrons. The van der Waals surface area contributed by atoms with Gasteiger partial charge in [0.15, 0.2) is 11.5 Å². The molecule has 4 heterocycles. The van der Waals surface area contributed by atoms with Gasteiger partial charge >= 0.3 is 0 Å². The van der Waals surface area contributed by atoms with Gasteiger partial charge < -0.3 is 24.3 Å². The van der Waals surface area contributed by atoms with Crippen LogP contribution in [0.1, 0.15) is 29.7 Å². The van der Waals surface area contributed by atoms with Crippen LogP contribution in [-0.2, 0) is 16.0 Å². The Morgan fingerprint density at radius 2 is 2.03 bits per heavy atom. The van der Waals surface area contributed by atoms with Crippen molar-refractivity contribution in [2.45, 2.75) is 18.5 Å². The second kappa shape index (κ2) is 5.76. The summed E-state index contributed by atoms with van der Waals surface area (Å²) in [5, 5.41) is 0.547. The fourth-order valence-electron chi connectivity index (χ4n) is 4.22. The molecule has 0 bridgehead atoms. The van der Waals surface area contributed by atoms with Crippen LogP contribution in [-0.4, -0.2) is 53.0 Å². The number of likely N-dealkylation sites (N-methyl/N-ethyl adjacent to an activating group) is 1. The number of fused-ring (bicyclic) bond motifs is 5. The number of ether oxygens (including phenoxy) is 2. The lowest BCUT2D eigenvalue weighted by molar-refractivity contribution is -0.157. The molecule has 7 nitrogen and oxygen atoms in total. The molecular formula is C22H19N3O4. The SMILES string of the molecule is [2H]c1c([2H])c(C2c3[nH]c4ccccc4c3C([2H])([2H])[C@@H]3C(=O)N(C)CC(=O)N23)c([2H])c2c1OCO2. The topological polar surface area (TPSA) is 74.9 Å². The predicted octanol–water partition coefficient (Wildman–Crippen LogP) is 2.21. The van der Waals surface area contributed by atoms with Gasteiger partial charge in [-0.3, -0.25) is 9.59 Å². The lowest BCUT2D eigenvalue weighted by Gasteiger charge is -2.46. The first kappa shape index (κ1) is 12.2. The fraction of sp³-hybridized carbons (Fsp3) is 0.273. The highest BCUT2D eigenvalue weighted by atomic mass is 16.7. The number of rotatable bonds is 1. The second-order valence-corrected chi connectivity index (χ2v) is 7.26. The first-order valence-corrected chi connectivity index (χ1v) is 9.21. The van der Waals surface area contributed by atoms with Crippen LogP contribution in [0.5, 0.6) is 11.5 Å². The van der Waals surface area contributed by atoms with Crippen LogP contribution in [0.2, 0.25) is 0 Å². The van der Waals surface area contributed by atoms with Gasteiger partial charge in [0.05, 0.1) is 16.7 Å². The van der Waals surface area contributed by atoms with Gasteiger partial charge in [-0.15, -0.1) is 0 Å². The van der Waals surface area contributed by atoms with Crippen molar-refractivity contribution < 1.29 is 25.9 Å². The highest BCUT2D eigenvalue weighted by Crippen LogP contribution is 2.44. The smallest absolute Gasteiger partial charge is 0.245 e. The standard InChI is InChI=1S/C22H19N3O4/c1-24-10-19(26)25-16(22(24)27)9-14-13-4-2-3-5-15(13)23-20(14)21(25)12-6-7-17-18(8-12)29-11-28-17/h2-8,16,21,23H,9-11H2,1H3/t16-,21?/m1/s1/i6D,7D,8D,9D2. The van der Waals surface area contributed by atoms with E-state index in [1.54, 1.807) is 24.3 Å². The summed E-state index contributed by atoms with van der Waals surface area (Å²) in [6, 6.07) is 3.47. The van der Waals surface area contributed by atoms with Crippen molar-refractivity contribution >= 4 is 22.7 Å². The summed E-state index contributed by atoms with van der Waals surface area (Å²) in [6.45, 7) is -0.466. The molecular weight excluding hydrogens is 370 g/mol. The number of nitrogens with zero attached hydrogens (tertiary/aromatic N) is 2. The molecule has 3 aliphatic rings. The summed E-state index contributed by atoms with van der Waals surface area (Å²) < 4.78 is 54.6. The zero-order valence-corrected chi connectivity index (χ0v) is 15.4. The van der Waals surface area contributed by atoms with E-state index in [0.29, 0.717) is 10.9 Å². The molecule has 1 fully saturated rings. The van der Waals surface area contributed by atoms with Gasteiger partial charge in [-0.1, -0.05) is 24.2 Å². The largest absolute Gasteiger partial charge is 0.454 e. The first-order chi connectivity index (χ1) is 16.1. The molecule has 3 aliphatic heterocycles. The fourth-order valence-corrected chi connectivity index (χ4v) is 4.22. The average Bonchev–Trinajstić information content (AvgIpc) is 3.43. The van der Waals surface area contributed by atoms with E-state index in [4.69, 9.17) is 16.3 Å². The Hall–Kier alpha value is -3.48. The molecule has 0 saturated carbocycles. The Labute approximate surface area is 173 Å². The molecule has 1 unspecified atom stereocenters. The van der Waals surface area contributed by atoms with Crippen LogP contribution in [0.4, 0.5) is 0 Å². The first-order valence-electron chi connectivity index (χ1n) is 11.7. The molecule has 7 heteroatoms. The lowest BCUT2D eigenvalue weighted by atomic mass is 9.86. The van der Waals surface area contributed by atoms with Crippen LogP contribution in [0.3, 0.4) is 0 Å². The van der Waals surface area contributed by atoms with E-state index in [1.807, 2.05) is 0 Å². The molecule has 146 valence electrons. The second-order valence-electron chi connectivity index (χ2n) is 7.26. The third-order valence-corrected chi connectivity index (χ3v) is 5.56. The summed E-state index contributed by atoms with van der Waals surface area (Å²) in [4.78, 5) is 32.2. The molecule has 1 aromatic heterocycles. The summed E-state index contributed by atoms with van der Waals surface area (Å²) in [5.74, 6) is -1.12. The summed E-state index contributed by atoms with van der Waals surface area (Å²) in [5.41, 5.74) is 1.05. The molecule has 0 aliphatic carbocycles. The van der Waals surface area contributed by atoms with E-state index < -0.39 is 30.3 Å². The minimum Gasteiger partial charge on any atom is -0.454 e. The Kier molecular flexibility index (Phi) is 2.42. The Morgan fingerprint density at radius 3 is 2.93 bits per heavy atom. The number of benzene rings is 2. The van der Waals surface area contributed by atoms with Crippen molar-refractivity contribution in [2.75, 3.05) is 20.4 Å². The summed E-state index contributed by atoms with van der Waals surface area (Å²) in [6.07, 6.45) is -2.25. The number of nitrogens with one attached hydrogen (secondary N) is 1. The van der Waals surface area contributed by atoms with E-state index in [0.717, 1.165) is 4.90 Å². The van der Waals surface area contributed by atoms with Gasteiger partial charge in [0.2, 0.25) is 18.6 Å². The molecule has 3 aromatic rings. The maximum absolute atomic E-state index is 13.3. The van der Waals surface area contributed by atoms with E-state index in [9.17, 15) is 9.59 Å². The third kappa shape index (κ3) is 2.24. The monoisotopic (exact) mass is 394 g/mol. The number of carbonyl (C=O) groups excluding carboxylic acids is 2. The van der Waals surface area contributed by atoms with Crippen molar-refractivity contribution in [3.8, 4) is 11.5 Å². The van der Waals surface area contributed by atoms with Crippen LogP contribution in [0.15, 0.2) is 42.4 Å². The zero-order chi connectivity index (χ0) is 24.1. The number of hydrogen-bond donors (Lipinski definition) is 1. The zero-order valence-electron chi connectivity index (χ0n) is 20.4. The Morgan fingerprint density at radius 1 is 1.21 bits per heavy atom. The van der Waals surface area contributed by atoms with Crippen molar-refractivity contribution in [3.63, 3.8) is 0 Å². The van der Waals surface area contributed by atoms with Crippen molar-refractivity contribution in [1.82, 2.24) is 14.8 Å². The molecule has 2 atom stereocenters. The maximum Gasteiger partial charge on any atom is 0.245 e. The molecule has 2 amide bonds. The lowest BCUT2D eigenvalue weighted by Crippen LogP contribution is -2.62. The molecule has 1 saturated heterocycles. The highest BCUT2D eigenvalue weighted by molar-refractivity contribution is 5.97. The van der Waals surface area contributed by atoms with Crippen molar-refractivity contribution in [1.29, 1.82) is 0 Å². The third-order valence-electron chi connectivity index (χ3n) is 5.56. The van der Waals surface area contributed by atoms with Gasteiger partial charge in [-0.2, -0.15) is 0 Å². The van der Waals surface area contributed by atoms with Crippen molar-refractivity contribution in [3.05, 3.63) is 59.2 Å². The van der Waals surface area contributed by atoms with Crippen LogP contribution in [0, 0.1) is 0 Å². The Balaban J connectivity index is 1.73. The van der Waals surface area contributed by atoms with Crippen LogP contribution >= 0.6 is 0 Å². The predicted molar refractivity (Wildman–Crippen MR) is 105 cm³/mol. The number of carbonyl (C=O) groups is 2. The van der Waals surface area contributed by atoms with E-state index >= 15 is 0 Å². The average molecular weight is 394 g/mol. The van der Waals surface area contributed by atoms with E-state index in [-0.39, 0.29) is 59.8 Å². The normalized spacial score (nSPS) is 27.0. The molecule has 6 rings (SSSR count). The van der Waals surface area contributed by atoms with Crippen molar-refractivity contribution in [2.24, 2.45) is 0 Å². The molecule has 2 aromatic carbocycles. The van der Waals surface area contributed by atoms with Gasteiger partial charge in [-0.05, 0) is 29.3 Å². The number of hydrogen-bond acceptors (Lipinski definition) is 4. The van der Waals surface area contributed by atoms with E-state index in [1.165, 1.54) is 11.9 Å². The number of H-pyrrole nitrogens is 1. The highest BCUT2D eigenvalue weighted by Gasteiger charge is 2.47. The number of para-hydroxylation sites is 1. The van der Waals surface area contributed by atoms with Crippen LogP contribution < -0.4 is 9.47 Å². The number of aromatic amines is 1. The minimum absolute atomic E-state index is 0.00769. The van der Waals surface area contributed by atoms with Gasteiger partial charge in [-0.25, -0.2) is 0 Å². The summed E-state index contributed by atoms with van der Waals surface area (Å²) in [7, 11) is 1.45. The minimum atomic E-state index is -2.25. The molecule has 29 heavy (non-hydrogen) atoms. The van der Waals surface area contributed by atoms with Gasteiger partial charge in [0.1, 0.15) is 6.04 Å². The Bertz CT molecular complexity index is 1420. The van der Waals surface area contributed by atoms with Crippen LogP contribution in [0.25, 0.3) is 10.9 Å². The number of piperazine rings is 1. The number of amides is 2. The molecule has 0 spiro atoms. The number of aromatic nitrogens is 1. The van der Waals surface area contributed by atoms with E-state index in [2.05, 4.69) is 4.98 Å². The quantitative estimate of drug-likeness (QED) is 0.687.